The highest BCUT2D eigenvalue weighted by molar-refractivity contribution is 5.77. The Balaban J connectivity index is 1.92. The van der Waals surface area contributed by atoms with Gasteiger partial charge in [0.15, 0.2) is 0 Å². The largest absolute Gasteiger partial charge is 0.327 e. The standard InChI is InChI=1S/C15H18FN3O/c16-14-6-2-1-4-11(14)8-12(18)9-15(20)19-7-3-5-13(19)10-17/h1-2,4,6,12-13H,3,5,7-9,18H2/t12-,13+/m1/s1. The van der Waals surface area contributed by atoms with Gasteiger partial charge in [0, 0.05) is 19.0 Å². The monoisotopic (exact) mass is 275 g/mol. The van der Waals surface area contributed by atoms with E-state index in [2.05, 4.69) is 6.07 Å². The summed E-state index contributed by atoms with van der Waals surface area (Å²) in [6.45, 7) is 0.615. The van der Waals surface area contributed by atoms with Crippen molar-refractivity contribution >= 4 is 5.91 Å². The van der Waals surface area contributed by atoms with Crippen molar-refractivity contribution in [3.05, 3.63) is 35.6 Å². The van der Waals surface area contributed by atoms with Gasteiger partial charge in [-0.05, 0) is 30.9 Å². The van der Waals surface area contributed by atoms with Crippen molar-refractivity contribution in [1.29, 1.82) is 5.26 Å². The zero-order valence-electron chi connectivity index (χ0n) is 11.3. The predicted molar refractivity (Wildman–Crippen MR) is 73.0 cm³/mol. The van der Waals surface area contributed by atoms with E-state index < -0.39 is 6.04 Å². The topological polar surface area (TPSA) is 70.1 Å². The molecule has 5 heteroatoms. The molecule has 0 aromatic heterocycles. The number of hydrogen-bond donors (Lipinski definition) is 1. The molecule has 1 aliphatic rings. The van der Waals surface area contributed by atoms with E-state index in [4.69, 9.17) is 11.0 Å². The minimum atomic E-state index is -0.431. The van der Waals surface area contributed by atoms with Crippen molar-refractivity contribution in [2.75, 3.05) is 6.54 Å². The van der Waals surface area contributed by atoms with Gasteiger partial charge in [-0.3, -0.25) is 4.79 Å². The Kier molecular flexibility index (Phi) is 4.70. The van der Waals surface area contributed by atoms with Crippen LogP contribution in [0, 0.1) is 17.1 Å². The fourth-order valence-electron chi connectivity index (χ4n) is 2.56. The maximum atomic E-state index is 13.5. The molecule has 0 radical (unpaired) electrons. The fourth-order valence-corrected chi connectivity index (χ4v) is 2.56. The molecule has 0 bridgehead atoms. The van der Waals surface area contributed by atoms with Gasteiger partial charge in [-0.2, -0.15) is 5.26 Å². The number of likely N-dealkylation sites (tertiary alicyclic amines) is 1. The molecule has 2 N–H and O–H groups in total. The van der Waals surface area contributed by atoms with Gasteiger partial charge in [-0.15, -0.1) is 0 Å². The summed E-state index contributed by atoms with van der Waals surface area (Å²) in [5.74, 6) is -0.413. The Hall–Kier alpha value is -1.93. The number of nitriles is 1. The third kappa shape index (κ3) is 3.34. The fraction of sp³-hybridized carbons (Fsp3) is 0.467. The highest BCUT2D eigenvalue weighted by Gasteiger charge is 2.29. The summed E-state index contributed by atoms with van der Waals surface area (Å²) >= 11 is 0. The highest BCUT2D eigenvalue weighted by atomic mass is 19.1. The van der Waals surface area contributed by atoms with Crippen molar-refractivity contribution in [2.45, 2.75) is 37.8 Å². The molecule has 1 saturated heterocycles. The molecule has 2 rings (SSSR count). The summed E-state index contributed by atoms with van der Waals surface area (Å²) in [5.41, 5.74) is 6.45. The van der Waals surface area contributed by atoms with Crippen LogP contribution in [0.1, 0.15) is 24.8 Å². The maximum Gasteiger partial charge on any atom is 0.225 e. The van der Waals surface area contributed by atoms with E-state index in [1.807, 2.05) is 0 Å². The van der Waals surface area contributed by atoms with Crippen molar-refractivity contribution in [1.82, 2.24) is 4.90 Å². The van der Waals surface area contributed by atoms with E-state index in [0.717, 1.165) is 12.8 Å². The summed E-state index contributed by atoms with van der Waals surface area (Å²) in [6, 6.07) is 7.80. The van der Waals surface area contributed by atoms with Gasteiger partial charge < -0.3 is 10.6 Å². The molecule has 4 nitrogen and oxygen atoms in total. The van der Waals surface area contributed by atoms with Crippen molar-refractivity contribution in [3.63, 3.8) is 0 Å². The van der Waals surface area contributed by atoms with E-state index in [-0.39, 0.29) is 24.2 Å². The first-order valence-electron chi connectivity index (χ1n) is 6.80. The van der Waals surface area contributed by atoms with Crippen LogP contribution in [-0.4, -0.2) is 29.4 Å². The minimum absolute atomic E-state index is 0.113. The summed E-state index contributed by atoms with van der Waals surface area (Å²) in [5, 5.41) is 8.97. The highest BCUT2D eigenvalue weighted by Crippen LogP contribution is 2.18. The first kappa shape index (κ1) is 14.5. The molecule has 1 aromatic rings. The Morgan fingerprint density at radius 2 is 2.30 bits per heavy atom. The van der Waals surface area contributed by atoms with Crippen LogP contribution >= 0.6 is 0 Å². The van der Waals surface area contributed by atoms with Gasteiger partial charge in [0.1, 0.15) is 11.9 Å². The summed E-state index contributed by atoms with van der Waals surface area (Å²) in [4.78, 5) is 13.7. The molecule has 1 aliphatic heterocycles. The zero-order chi connectivity index (χ0) is 14.5. The lowest BCUT2D eigenvalue weighted by Gasteiger charge is -2.21. The molecule has 2 atom stereocenters. The van der Waals surface area contributed by atoms with Gasteiger partial charge in [0.05, 0.1) is 6.07 Å². The van der Waals surface area contributed by atoms with Crippen LogP contribution in [0.2, 0.25) is 0 Å². The maximum absolute atomic E-state index is 13.5. The predicted octanol–water partition coefficient (Wildman–Crippen LogP) is 1.60. The Morgan fingerprint density at radius 3 is 3.00 bits per heavy atom. The molecule has 20 heavy (non-hydrogen) atoms. The lowest BCUT2D eigenvalue weighted by Crippen LogP contribution is -2.39. The number of carbonyl (C=O) groups is 1. The van der Waals surface area contributed by atoms with Crippen LogP contribution in [0.4, 0.5) is 4.39 Å². The summed E-state index contributed by atoms with van der Waals surface area (Å²) in [6.07, 6.45) is 2.05. The molecule has 1 aromatic carbocycles. The van der Waals surface area contributed by atoms with E-state index in [1.54, 1.807) is 23.1 Å². The summed E-state index contributed by atoms with van der Waals surface area (Å²) in [7, 11) is 0. The summed E-state index contributed by atoms with van der Waals surface area (Å²) < 4.78 is 13.5. The molecule has 1 heterocycles. The molecule has 106 valence electrons. The van der Waals surface area contributed by atoms with Crippen LogP contribution in [-0.2, 0) is 11.2 Å². The number of rotatable bonds is 4. The number of nitrogens with zero attached hydrogens (tertiary/aromatic N) is 2. The third-order valence-corrected chi connectivity index (χ3v) is 3.60. The van der Waals surface area contributed by atoms with Gasteiger partial charge in [0.2, 0.25) is 5.91 Å². The van der Waals surface area contributed by atoms with E-state index in [9.17, 15) is 9.18 Å². The number of hydrogen-bond acceptors (Lipinski definition) is 3. The molecule has 0 aliphatic carbocycles. The van der Waals surface area contributed by atoms with E-state index in [0.29, 0.717) is 18.5 Å². The molecular weight excluding hydrogens is 257 g/mol. The van der Waals surface area contributed by atoms with Gasteiger partial charge in [0.25, 0.3) is 0 Å². The lowest BCUT2D eigenvalue weighted by molar-refractivity contribution is -0.131. The molecular formula is C15H18FN3O. The molecule has 1 amide bonds. The van der Waals surface area contributed by atoms with Crippen LogP contribution < -0.4 is 5.73 Å². The Morgan fingerprint density at radius 1 is 1.55 bits per heavy atom. The number of halogens is 1. The number of carbonyl (C=O) groups excluding carboxylic acids is 1. The van der Waals surface area contributed by atoms with Crippen LogP contribution in [0.25, 0.3) is 0 Å². The molecule has 0 spiro atoms. The van der Waals surface area contributed by atoms with E-state index >= 15 is 0 Å². The quantitative estimate of drug-likeness (QED) is 0.907. The first-order chi connectivity index (χ1) is 9.61. The zero-order valence-corrected chi connectivity index (χ0v) is 11.3. The lowest BCUT2D eigenvalue weighted by atomic mass is 10.0. The van der Waals surface area contributed by atoms with E-state index in [1.165, 1.54) is 6.07 Å². The Labute approximate surface area is 118 Å². The molecule has 1 fully saturated rings. The second-order valence-electron chi connectivity index (χ2n) is 5.13. The van der Waals surface area contributed by atoms with Crippen LogP contribution in [0.15, 0.2) is 24.3 Å². The molecule has 0 saturated carbocycles. The number of nitrogens with two attached hydrogens (primary N) is 1. The second-order valence-corrected chi connectivity index (χ2v) is 5.13. The number of amides is 1. The van der Waals surface area contributed by atoms with Crippen LogP contribution in [0.5, 0.6) is 0 Å². The smallest absolute Gasteiger partial charge is 0.225 e. The Bertz CT molecular complexity index is 526. The normalized spacial score (nSPS) is 19.6. The number of benzene rings is 1. The minimum Gasteiger partial charge on any atom is -0.327 e. The average Bonchev–Trinajstić information content (AvgIpc) is 2.89. The van der Waals surface area contributed by atoms with Gasteiger partial charge in [-0.1, -0.05) is 18.2 Å². The van der Waals surface area contributed by atoms with Gasteiger partial charge in [-0.25, -0.2) is 4.39 Å². The first-order valence-corrected chi connectivity index (χ1v) is 6.80. The average molecular weight is 275 g/mol. The van der Waals surface area contributed by atoms with Crippen molar-refractivity contribution in [3.8, 4) is 6.07 Å². The second kappa shape index (κ2) is 6.49. The van der Waals surface area contributed by atoms with Crippen LogP contribution in [0.3, 0.4) is 0 Å². The van der Waals surface area contributed by atoms with Gasteiger partial charge >= 0.3 is 0 Å². The molecule has 0 unspecified atom stereocenters. The van der Waals surface area contributed by atoms with Crippen molar-refractivity contribution < 1.29 is 9.18 Å². The SMILES string of the molecule is N#C[C@@H]1CCCN1C(=O)C[C@H](N)Cc1ccccc1F. The third-order valence-electron chi connectivity index (χ3n) is 3.60. The van der Waals surface area contributed by atoms with Crippen molar-refractivity contribution in [2.24, 2.45) is 5.73 Å².